The quantitative estimate of drug-likeness (QED) is 0.926. The fourth-order valence-electron chi connectivity index (χ4n) is 1.48. The van der Waals surface area contributed by atoms with Crippen LogP contribution in [0.2, 0.25) is 5.02 Å². The van der Waals surface area contributed by atoms with Gasteiger partial charge in [-0.1, -0.05) is 11.6 Å². The Labute approximate surface area is 107 Å². The number of hydrogen-bond donors (Lipinski definition) is 1. The molecule has 2 rings (SSSR count). The standard InChI is InChI=1S/C10H10BrClN4/c1-16-10(7(12)5-15-16)9(13)8-3-2-6(11)4-14-8/h2-5,9H,13H2,1H3. The molecule has 0 aliphatic heterocycles. The van der Waals surface area contributed by atoms with Crippen LogP contribution in [0.25, 0.3) is 0 Å². The zero-order chi connectivity index (χ0) is 11.7. The van der Waals surface area contributed by atoms with Gasteiger partial charge in [-0.05, 0) is 28.1 Å². The van der Waals surface area contributed by atoms with Crippen LogP contribution in [0.15, 0.2) is 29.0 Å². The molecule has 0 radical (unpaired) electrons. The van der Waals surface area contributed by atoms with Gasteiger partial charge >= 0.3 is 0 Å². The summed E-state index contributed by atoms with van der Waals surface area (Å²) in [7, 11) is 1.81. The van der Waals surface area contributed by atoms with Crippen LogP contribution in [0.3, 0.4) is 0 Å². The molecule has 1 atom stereocenters. The normalized spacial score (nSPS) is 12.8. The zero-order valence-corrected chi connectivity index (χ0v) is 10.9. The van der Waals surface area contributed by atoms with Gasteiger partial charge in [-0.2, -0.15) is 5.10 Å². The Balaban J connectivity index is 2.39. The molecular weight excluding hydrogens is 291 g/mol. The molecule has 0 fully saturated rings. The summed E-state index contributed by atoms with van der Waals surface area (Å²) in [6.45, 7) is 0. The van der Waals surface area contributed by atoms with Crippen LogP contribution in [0.4, 0.5) is 0 Å². The Kier molecular flexibility index (Phi) is 3.28. The van der Waals surface area contributed by atoms with E-state index in [0.29, 0.717) is 5.02 Å². The lowest BCUT2D eigenvalue weighted by atomic mass is 10.1. The fourth-order valence-corrected chi connectivity index (χ4v) is 2.00. The third-order valence-corrected chi connectivity index (χ3v) is 3.06. The van der Waals surface area contributed by atoms with E-state index in [9.17, 15) is 0 Å². The Morgan fingerprint density at radius 2 is 2.19 bits per heavy atom. The summed E-state index contributed by atoms with van der Waals surface area (Å²) in [6, 6.07) is 3.39. The third kappa shape index (κ3) is 2.11. The molecule has 6 heteroatoms. The molecule has 2 aromatic rings. The number of pyridine rings is 1. The molecule has 0 aliphatic rings. The van der Waals surface area contributed by atoms with Crippen molar-refractivity contribution in [3.63, 3.8) is 0 Å². The highest BCUT2D eigenvalue weighted by molar-refractivity contribution is 9.10. The molecule has 0 aliphatic carbocycles. The van der Waals surface area contributed by atoms with Crippen molar-refractivity contribution in [1.29, 1.82) is 0 Å². The lowest BCUT2D eigenvalue weighted by Crippen LogP contribution is -2.17. The highest BCUT2D eigenvalue weighted by Gasteiger charge is 2.17. The Bertz CT molecular complexity index is 475. The summed E-state index contributed by atoms with van der Waals surface area (Å²) in [5.74, 6) is 0. The molecule has 0 aromatic carbocycles. The molecule has 4 nitrogen and oxygen atoms in total. The first-order chi connectivity index (χ1) is 7.59. The predicted octanol–water partition coefficient (Wildman–Crippen LogP) is 2.28. The van der Waals surface area contributed by atoms with E-state index < -0.39 is 0 Å². The molecule has 0 amide bonds. The molecule has 1 unspecified atom stereocenters. The molecule has 2 aromatic heterocycles. The van der Waals surface area contributed by atoms with E-state index in [1.807, 2.05) is 12.1 Å². The maximum Gasteiger partial charge on any atom is 0.0912 e. The number of aryl methyl sites for hydroxylation is 1. The lowest BCUT2D eigenvalue weighted by Gasteiger charge is -2.12. The van der Waals surface area contributed by atoms with Crippen molar-refractivity contribution in [2.45, 2.75) is 6.04 Å². The van der Waals surface area contributed by atoms with E-state index in [0.717, 1.165) is 15.9 Å². The average Bonchev–Trinajstić information content (AvgIpc) is 2.59. The minimum atomic E-state index is -0.368. The molecule has 0 bridgehead atoms. The molecule has 0 spiro atoms. The van der Waals surface area contributed by atoms with Crippen LogP contribution in [0, 0.1) is 0 Å². The molecule has 16 heavy (non-hydrogen) atoms. The molecule has 0 saturated heterocycles. The smallest absolute Gasteiger partial charge is 0.0912 e. The van der Waals surface area contributed by atoms with Crippen LogP contribution < -0.4 is 5.73 Å². The summed E-state index contributed by atoms with van der Waals surface area (Å²) in [5, 5.41) is 4.60. The first-order valence-electron chi connectivity index (χ1n) is 4.64. The SMILES string of the molecule is Cn1ncc(Cl)c1C(N)c1ccc(Br)cn1. The first kappa shape index (κ1) is 11.6. The first-order valence-corrected chi connectivity index (χ1v) is 5.81. The van der Waals surface area contributed by atoms with Crippen molar-refractivity contribution >= 4 is 27.5 Å². The van der Waals surface area contributed by atoms with E-state index in [2.05, 4.69) is 26.0 Å². The monoisotopic (exact) mass is 300 g/mol. The Hall–Kier alpha value is -0.910. The molecular formula is C10H10BrClN4. The molecule has 0 saturated carbocycles. The van der Waals surface area contributed by atoms with Crippen LogP contribution in [-0.4, -0.2) is 14.8 Å². The van der Waals surface area contributed by atoms with Gasteiger partial charge in [-0.15, -0.1) is 0 Å². The summed E-state index contributed by atoms with van der Waals surface area (Å²) in [6.07, 6.45) is 3.29. The second-order valence-corrected chi connectivity index (χ2v) is 4.70. The third-order valence-electron chi connectivity index (χ3n) is 2.30. The van der Waals surface area contributed by atoms with Gasteiger partial charge < -0.3 is 5.73 Å². The molecule has 2 heterocycles. The minimum absolute atomic E-state index is 0.368. The van der Waals surface area contributed by atoms with Gasteiger partial charge in [0, 0.05) is 17.7 Å². The number of nitrogens with two attached hydrogens (primary N) is 1. The van der Waals surface area contributed by atoms with E-state index in [1.54, 1.807) is 24.1 Å². The highest BCUT2D eigenvalue weighted by Crippen LogP contribution is 2.25. The summed E-state index contributed by atoms with van der Waals surface area (Å²) in [5.41, 5.74) is 7.61. The van der Waals surface area contributed by atoms with Crippen LogP contribution in [0.5, 0.6) is 0 Å². The van der Waals surface area contributed by atoms with E-state index in [-0.39, 0.29) is 6.04 Å². The minimum Gasteiger partial charge on any atom is -0.318 e. The van der Waals surface area contributed by atoms with Crippen molar-refractivity contribution < 1.29 is 0 Å². The van der Waals surface area contributed by atoms with Crippen molar-refractivity contribution in [3.05, 3.63) is 45.4 Å². The maximum absolute atomic E-state index is 6.09. The molecule has 84 valence electrons. The van der Waals surface area contributed by atoms with Gasteiger partial charge in [-0.3, -0.25) is 9.67 Å². The van der Waals surface area contributed by atoms with Crippen LogP contribution >= 0.6 is 27.5 Å². The Morgan fingerprint density at radius 3 is 2.69 bits per heavy atom. The van der Waals surface area contributed by atoms with Gasteiger partial charge in [0.15, 0.2) is 0 Å². The van der Waals surface area contributed by atoms with Gasteiger partial charge in [0.25, 0.3) is 0 Å². The van der Waals surface area contributed by atoms with Gasteiger partial charge in [-0.25, -0.2) is 0 Å². The van der Waals surface area contributed by atoms with Crippen molar-refractivity contribution in [2.24, 2.45) is 12.8 Å². The summed E-state index contributed by atoms with van der Waals surface area (Å²) >= 11 is 9.35. The predicted molar refractivity (Wildman–Crippen MR) is 66.2 cm³/mol. The fraction of sp³-hybridized carbons (Fsp3) is 0.200. The second-order valence-electron chi connectivity index (χ2n) is 3.38. The van der Waals surface area contributed by atoms with Crippen molar-refractivity contribution in [3.8, 4) is 0 Å². The summed E-state index contributed by atoms with van der Waals surface area (Å²) in [4.78, 5) is 4.24. The van der Waals surface area contributed by atoms with Crippen molar-refractivity contribution in [1.82, 2.24) is 14.8 Å². The van der Waals surface area contributed by atoms with Gasteiger partial charge in [0.1, 0.15) is 0 Å². The largest absolute Gasteiger partial charge is 0.318 e. The van der Waals surface area contributed by atoms with Crippen LogP contribution in [0.1, 0.15) is 17.4 Å². The van der Waals surface area contributed by atoms with E-state index >= 15 is 0 Å². The highest BCUT2D eigenvalue weighted by atomic mass is 79.9. The lowest BCUT2D eigenvalue weighted by molar-refractivity contribution is 0.664. The van der Waals surface area contributed by atoms with Gasteiger partial charge in [0.05, 0.1) is 28.6 Å². The topological polar surface area (TPSA) is 56.7 Å². The van der Waals surface area contributed by atoms with Crippen LogP contribution in [-0.2, 0) is 7.05 Å². The Morgan fingerprint density at radius 1 is 1.44 bits per heavy atom. The number of halogens is 2. The number of rotatable bonds is 2. The maximum atomic E-state index is 6.09. The van der Waals surface area contributed by atoms with E-state index in [4.69, 9.17) is 17.3 Å². The number of hydrogen-bond acceptors (Lipinski definition) is 3. The van der Waals surface area contributed by atoms with E-state index in [1.165, 1.54) is 0 Å². The average molecular weight is 302 g/mol. The second kappa shape index (κ2) is 4.53. The van der Waals surface area contributed by atoms with Crippen molar-refractivity contribution in [2.75, 3.05) is 0 Å². The summed E-state index contributed by atoms with van der Waals surface area (Å²) < 4.78 is 2.58. The number of nitrogens with zero attached hydrogens (tertiary/aromatic N) is 3. The van der Waals surface area contributed by atoms with Gasteiger partial charge in [0.2, 0.25) is 0 Å². The molecule has 2 N–H and O–H groups in total. The zero-order valence-electron chi connectivity index (χ0n) is 8.56. The number of aromatic nitrogens is 3.